The number of carboxylic acid groups (broad SMARTS) is 1. The smallest absolute Gasteiger partial charge is 0.431 e. The van der Waals surface area contributed by atoms with E-state index < -0.39 is 47.8 Å². The van der Waals surface area contributed by atoms with Crippen molar-refractivity contribution in [3.05, 3.63) is 59.7 Å². The zero-order valence-corrected chi connectivity index (χ0v) is 50.8. The Morgan fingerprint density at radius 3 is 1.33 bits per heavy atom. The van der Waals surface area contributed by atoms with Crippen LogP contribution in [0.25, 0.3) is 11.1 Å². The minimum Gasteiger partial charge on any atom is -0.479 e. The van der Waals surface area contributed by atoms with Crippen molar-refractivity contribution in [1.29, 1.82) is 0 Å². The van der Waals surface area contributed by atoms with E-state index >= 15 is 0 Å². The highest BCUT2D eigenvalue weighted by atomic mass is 16.7. The summed E-state index contributed by atoms with van der Waals surface area (Å²) in [7, 11) is 2.57. The maximum Gasteiger partial charge on any atom is 0.431 e. The van der Waals surface area contributed by atoms with Crippen molar-refractivity contribution in [3.63, 3.8) is 0 Å². The number of Topliss-reactive ketones (excluding diaryl/α,β-unsaturated/α-hetero) is 1. The molecule has 0 spiro atoms. The van der Waals surface area contributed by atoms with E-state index in [9.17, 15) is 43.2 Å². The number of hydrogen-bond acceptors (Lipinski definition) is 24. The lowest BCUT2D eigenvalue weighted by Gasteiger charge is -2.19. The summed E-state index contributed by atoms with van der Waals surface area (Å²) in [5.41, 5.74) is 5.40. The Hall–Kier alpha value is -6.73. The first-order valence-corrected chi connectivity index (χ1v) is 27.8. The van der Waals surface area contributed by atoms with Crippen LogP contribution in [0.1, 0.15) is 84.3 Å². The lowest BCUT2D eigenvalue weighted by Crippen LogP contribution is -2.33. The number of benzene rings is 2. The molecule has 0 heterocycles. The number of hydrogen-bond donors (Lipinski definition) is 4. The molecule has 0 saturated heterocycles. The van der Waals surface area contributed by atoms with E-state index in [4.69, 9.17) is 61.9 Å². The Balaban J connectivity index is 0.000000719. The molecule has 1 aliphatic carbocycles. The number of carboxylic acids is 1. The summed E-state index contributed by atoms with van der Waals surface area (Å²) in [5, 5.41) is 13.4. The van der Waals surface area contributed by atoms with Crippen LogP contribution in [0.5, 0.6) is 0 Å². The number of carbonyl (C=O) groups excluding carboxylic acids is 8. The standard InChI is InChI=1S/C29H37NO9.C22H39NO11.C7H13NO5/c1-34-29(33)21-38-18-16-36-14-12-30-27(31)20-37-17-15-35-13-6-11-28(32)39-19-26-24-9-4-2-7-22(24)23-8-3-5-10-25(23)26;1-22(2,3)34-21(27)17-33-14-18(24)6-5-8-29-10-12-31-15-19(25)23-7-9-30-11-13-32-16-20(26)28-4;1-7(2,3)13-6(11)8-12-4-5(9)10/h2-5,7-10,26H,6,11-21H2,1H3,(H,30,31);5-17H2,1-4H3,(H,23,25);4H2,1-3H3,(H,8,11)(H,9,10). The summed E-state index contributed by atoms with van der Waals surface area (Å²) in [6.07, 6.45) is 0.803. The van der Waals surface area contributed by atoms with E-state index in [2.05, 4.69) is 49.2 Å². The average Bonchev–Trinajstić information content (AvgIpc) is 1.81. The molecule has 0 atom stereocenters. The zero-order chi connectivity index (χ0) is 63.9. The van der Waals surface area contributed by atoms with Gasteiger partial charge in [0.25, 0.3) is 0 Å². The van der Waals surface area contributed by atoms with E-state index in [0.29, 0.717) is 85.4 Å². The predicted molar refractivity (Wildman–Crippen MR) is 304 cm³/mol. The molecule has 0 radical (unpaired) electrons. The van der Waals surface area contributed by atoms with Gasteiger partial charge in [0, 0.05) is 45.1 Å². The highest BCUT2D eigenvalue weighted by Crippen LogP contribution is 2.44. The number of rotatable bonds is 43. The lowest BCUT2D eigenvalue weighted by atomic mass is 9.98. The molecule has 3 rings (SSSR count). The highest BCUT2D eigenvalue weighted by molar-refractivity contribution is 5.81. The van der Waals surface area contributed by atoms with Crippen LogP contribution in [0.15, 0.2) is 48.5 Å². The average molecular weight is 1230 g/mol. The summed E-state index contributed by atoms with van der Waals surface area (Å²) in [6, 6.07) is 16.5. The second kappa shape index (κ2) is 47.4. The fourth-order valence-corrected chi connectivity index (χ4v) is 6.79. The summed E-state index contributed by atoms with van der Waals surface area (Å²) >= 11 is 0. The minimum absolute atomic E-state index is 0.0540. The van der Waals surface area contributed by atoms with Gasteiger partial charge >= 0.3 is 35.9 Å². The quantitative estimate of drug-likeness (QED) is 0.0321. The molecular weight excluding hydrogens is 1140 g/mol. The van der Waals surface area contributed by atoms with E-state index in [0.717, 1.165) is 0 Å². The lowest BCUT2D eigenvalue weighted by molar-refractivity contribution is -0.160. The first-order chi connectivity index (χ1) is 41.0. The van der Waals surface area contributed by atoms with Crippen LogP contribution < -0.4 is 16.1 Å². The number of ether oxygens (including phenoxy) is 14. The second-order valence-electron chi connectivity index (χ2n) is 20.0. The Bertz CT molecular complexity index is 2240. The summed E-state index contributed by atoms with van der Waals surface area (Å²) in [5.74, 6) is -3.42. The maximum absolute atomic E-state index is 12.3. The molecule has 0 unspecified atom stereocenters. The molecule has 0 aromatic heterocycles. The van der Waals surface area contributed by atoms with Crippen molar-refractivity contribution >= 4 is 53.5 Å². The Labute approximate surface area is 502 Å². The molecule has 86 heavy (non-hydrogen) atoms. The Morgan fingerprint density at radius 2 is 0.872 bits per heavy atom. The number of hydroxylamine groups is 1. The molecule has 0 bridgehead atoms. The van der Waals surface area contributed by atoms with E-state index in [1.54, 1.807) is 41.5 Å². The van der Waals surface area contributed by atoms with Crippen molar-refractivity contribution in [1.82, 2.24) is 16.1 Å². The highest BCUT2D eigenvalue weighted by Gasteiger charge is 2.29. The van der Waals surface area contributed by atoms with Gasteiger partial charge < -0.3 is 82.1 Å². The fourth-order valence-electron chi connectivity index (χ4n) is 6.79. The predicted octanol–water partition coefficient (Wildman–Crippen LogP) is 3.05. The number of amides is 3. The van der Waals surface area contributed by atoms with Gasteiger partial charge in [-0.05, 0) is 76.6 Å². The number of esters is 4. The van der Waals surface area contributed by atoms with Crippen LogP contribution in [0.4, 0.5) is 4.79 Å². The van der Waals surface area contributed by atoms with E-state index in [-0.39, 0.29) is 108 Å². The molecule has 3 amide bonds. The van der Waals surface area contributed by atoms with Gasteiger partial charge in [0.1, 0.15) is 57.5 Å². The number of carbonyl (C=O) groups is 9. The van der Waals surface area contributed by atoms with Gasteiger partial charge in [-0.15, -0.1) is 0 Å². The number of methoxy groups -OCH3 is 2. The third kappa shape index (κ3) is 43.0. The number of nitrogens with one attached hydrogen (secondary N) is 3. The zero-order valence-electron chi connectivity index (χ0n) is 50.8. The molecular formula is C58H89N3O25. The summed E-state index contributed by atoms with van der Waals surface area (Å²) in [6.45, 7) is 13.5. The normalized spacial score (nSPS) is 11.5. The third-order valence-electron chi connectivity index (χ3n) is 10.4. The first kappa shape index (κ1) is 77.3. The van der Waals surface area contributed by atoms with Gasteiger partial charge in [-0.3, -0.25) is 24.0 Å². The number of fused-ring (bicyclic) bond motifs is 3. The summed E-state index contributed by atoms with van der Waals surface area (Å²) < 4.78 is 71.2. The molecule has 28 heteroatoms. The van der Waals surface area contributed by atoms with Crippen LogP contribution in [-0.4, -0.2) is 229 Å². The SMILES string of the molecule is CC(C)(C)OC(=O)NOCC(=O)O.COC(=O)COCCOCCNC(=O)COCCOCCCC(=O)COCC(=O)OC(C)(C)C.COC(=O)COCCOCCNC(=O)COCCOCCCC(=O)OCC1c2ccccc2-c2ccccc21. The monoisotopic (exact) mass is 1230 g/mol. The van der Waals surface area contributed by atoms with Crippen molar-refractivity contribution in [2.75, 3.05) is 159 Å². The van der Waals surface area contributed by atoms with E-state index in [1.165, 1.54) is 36.5 Å². The maximum atomic E-state index is 12.3. The van der Waals surface area contributed by atoms with Gasteiger partial charge in [0.2, 0.25) is 11.8 Å². The molecule has 486 valence electrons. The minimum atomic E-state index is -1.17. The van der Waals surface area contributed by atoms with Gasteiger partial charge in [0.05, 0.1) is 80.3 Å². The van der Waals surface area contributed by atoms with E-state index in [1.807, 2.05) is 29.7 Å². The molecule has 4 N–H and O–H groups in total. The molecule has 2 aromatic carbocycles. The third-order valence-corrected chi connectivity index (χ3v) is 10.4. The second-order valence-corrected chi connectivity index (χ2v) is 20.0. The number of aliphatic carboxylic acids is 1. The van der Waals surface area contributed by atoms with Crippen molar-refractivity contribution in [3.8, 4) is 11.1 Å². The van der Waals surface area contributed by atoms with Crippen LogP contribution in [0, 0.1) is 0 Å². The van der Waals surface area contributed by atoms with Crippen molar-refractivity contribution in [2.45, 2.75) is 84.3 Å². The molecule has 2 aromatic rings. The topological polar surface area (TPSA) is 348 Å². The van der Waals surface area contributed by atoms with Gasteiger partial charge in [-0.2, -0.15) is 5.48 Å². The summed E-state index contributed by atoms with van der Waals surface area (Å²) in [4.78, 5) is 105. The molecule has 0 saturated carbocycles. The van der Waals surface area contributed by atoms with Gasteiger partial charge in [0.15, 0.2) is 12.4 Å². The van der Waals surface area contributed by atoms with Gasteiger partial charge in [-0.25, -0.2) is 24.0 Å². The van der Waals surface area contributed by atoms with Crippen molar-refractivity contribution in [2.24, 2.45) is 0 Å². The molecule has 0 fully saturated rings. The van der Waals surface area contributed by atoms with Crippen LogP contribution in [0.2, 0.25) is 0 Å². The van der Waals surface area contributed by atoms with Crippen LogP contribution in [0.3, 0.4) is 0 Å². The van der Waals surface area contributed by atoms with Crippen LogP contribution in [-0.2, 0) is 110 Å². The molecule has 28 nitrogen and oxygen atoms in total. The first-order valence-electron chi connectivity index (χ1n) is 27.8. The van der Waals surface area contributed by atoms with Crippen molar-refractivity contribution < 1.29 is 119 Å². The molecule has 1 aliphatic rings. The van der Waals surface area contributed by atoms with Gasteiger partial charge in [-0.1, -0.05) is 48.5 Å². The number of ketones is 1. The Kier molecular flexibility index (Phi) is 42.6. The fraction of sp³-hybridized carbons (Fsp3) is 0.638. The van der Waals surface area contributed by atoms with Crippen LogP contribution >= 0.6 is 0 Å². The Morgan fingerprint density at radius 1 is 0.453 bits per heavy atom. The largest absolute Gasteiger partial charge is 0.479 e. The molecule has 0 aliphatic heterocycles.